The molecule has 1 aliphatic rings. The van der Waals surface area contributed by atoms with Crippen LogP contribution in [0.3, 0.4) is 0 Å². The molecule has 0 fully saturated rings. The van der Waals surface area contributed by atoms with Crippen LogP contribution in [0.1, 0.15) is 85.8 Å². The largest absolute Gasteiger partial charge is 0.507 e. The molecule has 0 radical (unpaired) electrons. The molecule has 6 nitrogen and oxygen atoms in total. The Bertz CT molecular complexity index is 1380. The lowest BCUT2D eigenvalue weighted by molar-refractivity contribution is -0.137. The fourth-order valence-electron chi connectivity index (χ4n) is 5.03. The molecule has 3 rings (SSSR count). The minimum Gasteiger partial charge on any atom is -0.507 e. The van der Waals surface area contributed by atoms with Crippen LogP contribution in [-0.4, -0.2) is 24.5 Å². The number of amides is 1. The molecule has 2 atom stereocenters. The third kappa shape index (κ3) is 6.84. The summed E-state index contributed by atoms with van der Waals surface area (Å²) in [7, 11) is -4.70. The van der Waals surface area contributed by atoms with E-state index in [0.29, 0.717) is 25.0 Å². The van der Waals surface area contributed by atoms with Crippen LogP contribution in [-0.2, 0) is 22.6 Å². The van der Waals surface area contributed by atoms with E-state index in [-0.39, 0.29) is 34.8 Å². The Hall–Kier alpha value is -3.27. The predicted octanol–water partition coefficient (Wildman–Crippen LogP) is 6.98. The van der Waals surface area contributed by atoms with Gasteiger partial charge in [0.05, 0.1) is 5.56 Å². The molecule has 1 aliphatic carbocycles. The Labute approximate surface area is 227 Å². The molecule has 39 heavy (non-hydrogen) atoms. The number of nitrogens with one attached hydrogen (secondary N) is 1. The molecule has 2 unspecified atom stereocenters. The zero-order valence-corrected chi connectivity index (χ0v) is 23.0. The third-order valence-electron chi connectivity index (χ3n) is 7.08. The summed E-state index contributed by atoms with van der Waals surface area (Å²) < 4.78 is 67.7. The van der Waals surface area contributed by atoms with Crippen molar-refractivity contribution in [1.82, 2.24) is 4.72 Å². The Morgan fingerprint density at radius 2 is 1.79 bits per heavy atom. The molecule has 2 aromatic rings. The first kappa shape index (κ1) is 30.3. The number of halogens is 3. The van der Waals surface area contributed by atoms with Crippen LogP contribution < -0.4 is 4.72 Å². The number of unbranched alkanes of at least 4 members (excludes halogenated alkanes) is 2. The summed E-state index contributed by atoms with van der Waals surface area (Å²) in [5.41, 5.74) is 0.717. The minimum atomic E-state index is -4.70. The molecular formula is C29H34F3NO5S. The van der Waals surface area contributed by atoms with Gasteiger partial charge in [-0.2, -0.15) is 13.2 Å². The summed E-state index contributed by atoms with van der Waals surface area (Å²) >= 11 is 0. The second-order valence-corrected chi connectivity index (χ2v) is 11.8. The van der Waals surface area contributed by atoms with E-state index in [0.717, 1.165) is 42.5 Å². The SMILES string of the molecule is C=C(C)C1CCC(C)=CC1c1c(O)cc(CCCCC)c(S(=O)(=O)NC(=O)c2ccc(C(F)(F)F)cc2)c1O. The molecule has 3 N–H and O–H groups in total. The Kier molecular flexibility index (Phi) is 9.20. The number of sulfonamides is 1. The maximum absolute atomic E-state index is 13.6. The van der Waals surface area contributed by atoms with E-state index < -0.39 is 44.2 Å². The number of hydrogen-bond donors (Lipinski definition) is 3. The second kappa shape index (κ2) is 11.9. The van der Waals surface area contributed by atoms with Crippen molar-refractivity contribution in [2.75, 3.05) is 0 Å². The maximum Gasteiger partial charge on any atom is 0.416 e. The number of benzene rings is 2. The van der Waals surface area contributed by atoms with Crippen molar-refractivity contribution in [3.63, 3.8) is 0 Å². The summed E-state index contributed by atoms with van der Waals surface area (Å²) in [5.74, 6) is -2.76. The number of phenols is 2. The first-order valence-corrected chi connectivity index (χ1v) is 14.3. The summed E-state index contributed by atoms with van der Waals surface area (Å²) in [6.45, 7) is 9.75. The van der Waals surface area contributed by atoms with Crippen LogP contribution in [0.15, 0.2) is 59.0 Å². The predicted molar refractivity (Wildman–Crippen MR) is 143 cm³/mol. The van der Waals surface area contributed by atoms with Crippen molar-refractivity contribution in [2.45, 2.75) is 76.3 Å². The average Bonchev–Trinajstić information content (AvgIpc) is 2.83. The highest BCUT2D eigenvalue weighted by molar-refractivity contribution is 7.90. The molecule has 0 saturated carbocycles. The fourth-order valence-corrected chi connectivity index (χ4v) is 6.37. The van der Waals surface area contributed by atoms with Gasteiger partial charge in [-0.3, -0.25) is 4.79 Å². The maximum atomic E-state index is 13.6. The molecule has 2 aromatic carbocycles. The van der Waals surface area contributed by atoms with Crippen LogP contribution in [0.5, 0.6) is 11.5 Å². The van der Waals surface area contributed by atoms with Gasteiger partial charge in [0.15, 0.2) is 0 Å². The second-order valence-electron chi connectivity index (χ2n) is 10.1. The van der Waals surface area contributed by atoms with E-state index in [2.05, 4.69) is 6.58 Å². The highest BCUT2D eigenvalue weighted by Gasteiger charge is 2.36. The van der Waals surface area contributed by atoms with Crippen LogP contribution in [0.2, 0.25) is 0 Å². The standard InChI is InChI=1S/C29H34F3NO5S/c1-5-6-7-8-20-16-24(34)25(23-15-18(4)9-14-22(23)17(2)3)26(35)27(20)39(37,38)33-28(36)19-10-12-21(13-11-19)29(30,31)32/h10-13,15-16,22-23,34-35H,2,5-9,14H2,1,3-4H3,(H,33,36). The van der Waals surface area contributed by atoms with E-state index >= 15 is 0 Å². The summed E-state index contributed by atoms with van der Waals surface area (Å²) in [6.07, 6.45) is 1.15. The highest BCUT2D eigenvalue weighted by Crippen LogP contribution is 2.49. The number of aromatic hydroxyl groups is 2. The molecule has 0 aliphatic heterocycles. The van der Waals surface area contributed by atoms with E-state index in [4.69, 9.17) is 0 Å². The molecule has 0 bridgehead atoms. The van der Waals surface area contributed by atoms with Crippen molar-refractivity contribution in [1.29, 1.82) is 0 Å². The number of allylic oxidation sites excluding steroid dienone is 3. The number of alkyl halides is 3. The van der Waals surface area contributed by atoms with Crippen molar-refractivity contribution in [3.05, 3.63) is 76.4 Å². The van der Waals surface area contributed by atoms with Crippen LogP contribution in [0.4, 0.5) is 13.2 Å². The number of carbonyl (C=O) groups is 1. The Balaban J connectivity index is 2.11. The first-order chi connectivity index (χ1) is 18.2. The highest BCUT2D eigenvalue weighted by atomic mass is 32.2. The van der Waals surface area contributed by atoms with E-state index in [1.54, 1.807) is 0 Å². The van der Waals surface area contributed by atoms with Gasteiger partial charge in [-0.25, -0.2) is 13.1 Å². The van der Waals surface area contributed by atoms with Crippen molar-refractivity contribution in [2.24, 2.45) is 5.92 Å². The van der Waals surface area contributed by atoms with Gasteiger partial charge in [0.1, 0.15) is 16.4 Å². The summed E-state index contributed by atoms with van der Waals surface area (Å²) in [5, 5.41) is 22.4. The summed E-state index contributed by atoms with van der Waals surface area (Å²) in [4.78, 5) is 12.3. The Morgan fingerprint density at radius 1 is 1.15 bits per heavy atom. The third-order valence-corrected chi connectivity index (χ3v) is 8.53. The smallest absolute Gasteiger partial charge is 0.416 e. The van der Waals surface area contributed by atoms with Gasteiger partial charge in [-0.05, 0) is 81.3 Å². The fraction of sp³-hybridized carbons (Fsp3) is 0.414. The van der Waals surface area contributed by atoms with Gasteiger partial charge in [-0.15, -0.1) is 0 Å². The lowest BCUT2D eigenvalue weighted by atomic mass is 9.73. The number of carbonyl (C=O) groups excluding carboxylic acids is 1. The van der Waals surface area contributed by atoms with Crippen LogP contribution >= 0.6 is 0 Å². The number of rotatable bonds is 9. The molecule has 0 saturated heterocycles. The zero-order chi connectivity index (χ0) is 29.1. The lowest BCUT2D eigenvalue weighted by Gasteiger charge is -2.32. The molecule has 212 valence electrons. The Morgan fingerprint density at radius 3 is 2.36 bits per heavy atom. The van der Waals surface area contributed by atoms with Crippen LogP contribution in [0.25, 0.3) is 0 Å². The van der Waals surface area contributed by atoms with E-state index in [9.17, 15) is 36.6 Å². The number of phenolic OH excluding ortho intramolecular Hbond substituents is 2. The zero-order valence-electron chi connectivity index (χ0n) is 22.2. The van der Waals surface area contributed by atoms with Gasteiger partial charge in [-0.1, -0.05) is 43.6 Å². The molecule has 10 heteroatoms. The number of aryl methyl sites for hydroxylation is 1. The van der Waals surface area contributed by atoms with Gasteiger partial charge >= 0.3 is 6.18 Å². The molecule has 1 amide bonds. The lowest BCUT2D eigenvalue weighted by Crippen LogP contribution is -2.31. The van der Waals surface area contributed by atoms with Crippen LogP contribution in [0, 0.1) is 5.92 Å². The van der Waals surface area contributed by atoms with Gasteiger partial charge in [0.25, 0.3) is 15.9 Å². The van der Waals surface area contributed by atoms with Crippen molar-refractivity contribution < 1.29 is 36.6 Å². The molecule has 0 heterocycles. The summed E-state index contributed by atoms with van der Waals surface area (Å²) in [6, 6.07) is 4.44. The quantitative estimate of drug-likeness (QED) is 0.225. The van der Waals surface area contributed by atoms with Crippen molar-refractivity contribution in [3.8, 4) is 11.5 Å². The normalized spacial score (nSPS) is 17.9. The number of hydrogen-bond acceptors (Lipinski definition) is 5. The van der Waals surface area contributed by atoms with Gasteiger partial charge in [0.2, 0.25) is 0 Å². The molecule has 0 aromatic heterocycles. The molecular weight excluding hydrogens is 531 g/mol. The van der Waals surface area contributed by atoms with E-state index in [1.807, 2.05) is 31.6 Å². The molecule has 0 spiro atoms. The van der Waals surface area contributed by atoms with Gasteiger partial charge in [0, 0.05) is 17.0 Å². The van der Waals surface area contributed by atoms with Gasteiger partial charge < -0.3 is 10.2 Å². The monoisotopic (exact) mass is 565 g/mol. The average molecular weight is 566 g/mol. The minimum absolute atomic E-state index is 0.0312. The van der Waals surface area contributed by atoms with Crippen molar-refractivity contribution >= 4 is 15.9 Å². The van der Waals surface area contributed by atoms with E-state index in [1.165, 1.54) is 6.07 Å². The topological polar surface area (TPSA) is 104 Å². The first-order valence-electron chi connectivity index (χ1n) is 12.8.